The van der Waals surface area contributed by atoms with Crippen LogP contribution in [0.2, 0.25) is 0 Å². The topological polar surface area (TPSA) is 44.5 Å². The smallest absolute Gasteiger partial charge is 0.123 e. The Bertz CT molecular complexity index is 581. The van der Waals surface area contributed by atoms with Crippen LogP contribution in [0.1, 0.15) is 11.1 Å². The molecule has 0 radical (unpaired) electrons. The van der Waals surface area contributed by atoms with Crippen molar-refractivity contribution in [3.8, 4) is 11.5 Å². The largest absolute Gasteiger partial charge is 0.490 e. The van der Waals surface area contributed by atoms with E-state index in [9.17, 15) is 0 Å². The first kappa shape index (κ1) is 15.1. The minimum Gasteiger partial charge on any atom is -0.490 e. The van der Waals surface area contributed by atoms with Crippen LogP contribution in [0.15, 0.2) is 61.2 Å². The maximum Gasteiger partial charge on any atom is 0.123 e. The molecular weight excluding hydrogens is 262 g/mol. The summed E-state index contributed by atoms with van der Waals surface area (Å²) in [7, 11) is 0. The van der Waals surface area contributed by atoms with Crippen molar-refractivity contribution in [3.63, 3.8) is 0 Å². The Morgan fingerprint density at radius 3 is 1.95 bits per heavy atom. The van der Waals surface area contributed by atoms with Crippen LogP contribution in [0.3, 0.4) is 0 Å². The van der Waals surface area contributed by atoms with Gasteiger partial charge >= 0.3 is 0 Å². The second-order valence-electron chi connectivity index (χ2n) is 4.61. The number of benzene rings is 2. The van der Waals surface area contributed by atoms with Gasteiger partial charge in [0.2, 0.25) is 0 Å². The molecular formula is C18H21NO2. The van der Waals surface area contributed by atoms with E-state index in [-0.39, 0.29) is 0 Å². The third kappa shape index (κ3) is 4.36. The van der Waals surface area contributed by atoms with Crippen molar-refractivity contribution in [2.45, 2.75) is 13.0 Å². The van der Waals surface area contributed by atoms with Crippen LogP contribution in [-0.4, -0.2) is 13.2 Å². The minimum atomic E-state index is 0.471. The molecule has 0 aromatic heterocycles. The number of ether oxygens (including phenoxy) is 2. The molecule has 2 rings (SSSR count). The zero-order valence-corrected chi connectivity index (χ0v) is 12.1. The molecule has 110 valence electrons. The molecule has 0 atom stereocenters. The maximum absolute atomic E-state index is 5.78. The summed E-state index contributed by atoms with van der Waals surface area (Å²) in [5.74, 6) is 1.70. The van der Waals surface area contributed by atoms with Crippen molar-refractivity contribution in [1.82, 2.24) is 0 Å². The van der Waals surface area contributed by atoms with Gasteiger partial charge in [0.05, 0.1) is 0 Å². The Balaban J connectivity index is 1.86. The predicted molar refractivity (Wildman–Crippen MR) is 85.7 cm³/mol. The van der Waals surface area contributed by atoms with Gasteiger partial charge in [-0.15, -0.1) is 6.58 Å². The molecule has 0 amide bonds. The second-order valence-corrected chi connectivity index (χ2v) is 4.61. The van der Waals surface area contributed by atoms with E-state index in [1.54, 1.807) is 0 Å². The quantitative estimate of drug-likeness (QED) is 0.597. The van der Waals surface area contributed by atoms with Crippen LogP contribution in [0.4, 0.5) is 0 Å². The van der Waals surface area contributed by atoms with Crippen molar-refractivity contribution >= 4 is 0 Å². The fourth-order valence-electron chi connectivity index (χ4n) is 2.09. The number of allylic oxidation sites excluding steroid dienone is 1. The van der Waals surface area contributed by atoms with Crippen LogP contribution in [0.25, 0.3) is 0 Å². The van der Waals surface area contributed by atoms with Crippen molar-refractivity contribution in [2.24, 2.45) is 5.73 Å². The highest BCUT2D eigenvalue weighted by molar-refractivity contribution is 5.35. The first-order chi connectivity index (χ1) is 10.3. The highest BCUT2D eigenvalue weighted by atomic mass is 16.5. The van der Waals surface area contributed by atoms with E-state index in [4.69, 9.17) is 15.2 Å². The van der Waals surface area contributed by atoms with Gasteiger partial charge in [0.15, 0.2) is 0 Å². The summed E-state index contributed by atoms with van der Waals surface area (Å²) < 4.78 is 11.5. The average Bonchev–Trinajstić information content (AvgIpc) is 2.53. The summed E-state index contributed by atoms with van der Waals surface area (Å²) in [5.41, 5.74) is 7.82. The molecule has 0 bridgehead atoms. The fourth-order valence-corrected chi connectivity index (χ4v) is 2.09. The maximum atomic E-state index is 5.78. The van der Waals surface area contributed by atoms with Gasteiger partial charge in [-0.1, -0.05) is 42.5 Å². The van der Waals surface area contributed by atoms with Crippen molar-refractivity contribution in [2.75, 3.05) is 13.2 Å². The molecule has 2 aromatic rings. The highest BCUT2D eigenvalue weighted by Crippen LogP contribution is 2.19. The van der Waals surface area contributed by atoms with E-state index < -0.39 is 0 Å². The standard InChI is InChI=1S/C18H21NO2/c1-2-7-15-8-3-5-10-17(15)20-12-13-21-18-11-6-4-9-16(18)14-19/h2-6,8-11H,1,7,12-14,19H2. The van der Waals surface area contributed by atoms with Gasteiger partial charge in [-0.05, 0) is 24.1 Å². The summed E-state index contributed by atoms with van der Waals surface area (Å²) in [6.07, 6.45) is 2.67. The molecule has 2 aromatic carbocycles. The molecule has 3 heteroatoms. The molecule has 0 aliphatic carbocycles. The van der Waals surface area contributed by atoms with E-state index in [2.05, 4.69) is 6.58 Å². The first-order valence-electron chi connectivity index (χ1n) is 7.07. The molecule has 3 nitrogen and oxygen atoms in total. The van der Waals surface area contributed by atoms with Crippen molar-refractivity contribution in [1.29, 1.82) is 0 Å². The number of rotatable bonds is 8. The number of nitrogens with two attached hydrogens (primary N) is 1. The van der Waals surface area contributed by atoms with Gasteiger partial charge in [-0.25, -0.2) is 0 Å². The minimum absolute atomic E-state index is 0.471. The lowest BCUT2D eigenvalue weighted by Crippen LogP contribution is -2.11. The highest BCUT2D eigenvalue weighted by Gasteiger charge is 2.03. The van der Waals surface area contributed by atoms with E-state index in [0.29, 0.717) is 19.8 Å². The van der Waals surface area contributed by atoms with Gasteiger partial charge in [0.25, 0.3) is 0 Å². The lowest BCUT2D eigenvalue weighted by molar-refractivity contribution is 0.215. The molecule has 0 heterocycles. The number of para-hydroxylation sites is 2. The van der Waals surface area contributed by atoms with E-state index in [0.717, 1.165) is 29.0 Å². The zero-order valence-electron chi connectivity index (χ0n) is 12.1. The van der Waals surface area contributed by atoms with Gasteiger partial charge < -0.3 is 15.2 Å². The normalized spacial score (nSPS) is 10.1. The van der Waals surface area contributed by atoms with Gasteiger partial charge in [0, 0.05) is 12.1 Å². The van der Waals surface area contributed by atoms with Crippen LogP contribution >= 0.6 is 0 Å². The van der Waals surface area contributed by atoms with E-state index in [1.165, 1.54) is 0 Å². The molecule has 0 saturated carbocycles. The SMILES string of the molecule is C=CCc1ccccc1OCCOc1ccccc1CN. The molecule has 0 saturated heterocycles. The van der Waals surface area contributed by atoms with Gasteiger partial charge in [-0.2, -0.15) is 0 Å². The predicted octanol–water partition coefficient (Wildman–Crippen LogP) is 3.33. The third-order valence-corrected chi connectivity index (χ3v) is 3.13. The Labute approximate surface area is 126 Å². The van der Waals surface area contributed by atoms with Crippen LogP contribution in [0, 0.1) is 0 Å². The van der Waals surface area contributed by atoms with Gasteiger partial charge in [0.1, 0.15) is 24.7 Å². The summed E-state index contributed by atoms with van der Waals surface area (Å²) in [4.78, 5) is 0. The fraction of sp³-hybridized carbons (Fsp3) is 0.222. The number of hydrogen-bond donors (Lipinski definition) is 1. The lowest BCUT2D eigenvalue weighted by atomic mass is 10.1. The summed E-state index contributed by atoms with van der Waals surface area (Å²) in [6, 6.07) is 15.8. The molecule has 21 heavy (non-hydrogen) atoms. The van der Waals surface area contributed by atoms with E-state index >= 15 is 0 Å². The molecule has 0 unspecified atom stereocenters. The Hall–Kier alpha value is -2.26. The zero-order chi connectivity index (χ0) is 14.9. The second kappa shape index (κ2) is 8.12. The van der Waals surface area contributed by atoms with Crippen molar-refractivity contribution in [3.05, 3.63) is 72.3 Å². The van der Waals surface area contributed by atoms with E-state index in [1.807, 2.05) is 54.6 Å². The van der Waals surface area contributed by atoms with Gasteiger partial charge in [-0.3, -0.25) is 0 Å². The number of hydrogen-bond acceptors (Lipinski definition) is 3. The summed E-state index contributed by atoms with van der Waals surface area (Å²) in [5, 5.41) is 0. The molecule has 0 fully saturated rings. The first-order valence-corrected chi connectivity index (χ1v) is 7.07. The lowest BCUT2D eigenvalue weighted by Gasteiger charge is -2.12. The molecule has 2 N–H and O–H groups in total. The van der Waals surface area contributed by atoms with Crippen molar-refractivity contribution < 1.29 is 9.47 Å². The average molecular weight is 283 g/mol. The Morgan fingerprint density at radius 2 is 1.38 bits per heavy atom. The Morgan fingerprint density at radius 1 is 0.857 bits per heavy atom. The van der Waals surface area contributed by atoms with Crippen LogP contribution in [-0.2, 0) is 13.0 Å². The Kier molecular flexibility index (Phi) is 5.85. The van der Waals surface area contributed by atoms with Crippen LogP contribution in [0.5, 0.6) is 11.5 Å². The molecule has 0 spiro atoms. The summed E-state index contributed by atoms with van der Waals surface area (Å²) >= 11 is 0. The molecule has 0 aliphatic heterocycles. The summed E-state index contributed by atoms with van der Waals surface area (Å²) in [6.45, 7) is 5.21. The molecule has 0 aliphatic rings. The third-order valence-electron chi connectivity index (χ3n) is 3.13. The monoisotopic (exact) mass is 283 g/mol. The van der Waals surface area contributed by atoms with Crippen LogP contribution < -0.4 is 15.2 Å².